The molecule has 0 saturated carbocycles. The minimum Gasteiger partial charge on any atom is -0.320 e. The first-order valence-corrected chi connectivity index (χ1v) is 7.01. The third kappa shape index (κ3) is 5.36. The molecule has 0 aromatic heterocycles. The summed E-state index contributed by atoms with van der Waals surface area (Å²) in [6, 6.07) is 9.22. The van der Waals surface area contributed by atoms with Gasteiger partial charge >= 0.3 is 0 Å². The molecule has 1 unspecified atom stereocenters. The van der Waals surface area contributed by atoms with Crippen molar-refractivity contribution in [2.45, 2.75) is 51.9 Å². The molecule has 0 saturated heterocycles. The van der Waals surface area contributed by atoms with Crippen molar-refractivity contribution < 1.29 is 0 Å². The number of hydrogen-bond acceptors (Lipinski definition) is 1. The largest absolute Gasteiger partial charge is 0.320 e. The first-order chi connectivity index (χ1) is 8.27. The summed E-state index contributed by atoms with van der Waals surface area (Å²) in [6.45, 7) is 5.69. The molecule has 1 N–H and O–H groups in total. The zero-order valence-electron chi connectivity index (χ0n) is 11.6. The summed E-state index contributed by atoms with van der Waals surface area (Å²) >= 11 is 0. The summed E-state index contributed by atoms with van der Waals surface area (Å²) in [5, 5.41) is 3.19. The normalized spacial score (nSPS) is 12.6. The van der Waals surface area contributed by atoms with Gasteiger partial charge < -0.3 is 5.32 Å². The van der Waals surface area contributed by atoms with E-state index in [1.54, 1.807) is 0 Å². The molecule has 0 bridgehead atoms. The summed E-state index contributed by atoms with van der Waals surface area (Å²) in [6.07, 6.45) is 6.38. The van der Waals surface area contributed by atoms with E-state index >= 15 is 0 Å². The van der Waals surface area contributed by atoms with Gasteiger partial charge in [0.1, 0.15) is 0 Å². The van der Waals surface area contributed by atoms with E-state index in [2.05, 4.69) is 43.4 Å². The first-order valence-electron chi connectivity index (χ1n) is 7.01. The molecule has 0 aliphatic carbocycles. The molecule has 0 amide bonds. The van der Waals surface area contributed by atoms with Crippen molar-refractivity contribution in [1.29, 1.82) is 0 Å². The van der Waals surface area contributed by atoms with E-state index in [1.165, 1.54) is 43.2 Å². The maximum atomic E-state index is 3.19. The second-order valence-electron chi connectivity index (χ2n) is 4.97. The molecule has 1 aromatic carbocycles. The van der Waals surface area contributed by atoms with Gasteiger partial charge in [-0.25, -0.2) is 0 Å². The predicted molar refractivity (Wildman–Crippen MR) is 76.6 cm³/mol. The number of nitrogens with one attached hydrogen (secondary N) is 1. The van der Waals surface area contributed by atoms with Gasteiger partial charge in [-0.2, -0.15) is 0 Å². The highest BCUT2D eigenvalue weighted by Crippen LogP contribution is 2.19. The van der Waals surface area contributed by atoms with Gasteiger partial charge in [0.25, 0.3) is 0 Å². The Morgan fingerprint density at radius 2 is 1.76 bits per heavy atom. The van der Waals surface area contributed by atoms with Crippen LogP contribution in [-0.2, 0) is 6.42 Å². The summed E-state index contributed by atoms with van der Waals surface area (Å²) < 4.78 is 0. The zero-order chi connectivity index (χ0) is 12.5. The average Bonchev–Trinajstić information content (AvgIpc) is 2.38. The average molecular weight is 233 g/mol. The van der Waals surface area contributed by atoms with Gasteiger partial charge in [0.2, 0.25) is 0 Å². The number of aryl methyl sites for hydroxylation is 1. The Hall–Kier alpha value is -0.820. The second kappa shape index (κ2) is 8.30. The predicted octanol–water partition coefficient (Wildman–Crippen LogP) is 4.13. The molecule has 1 nitrogen and oxygen atoms in total. The smallest absolute Gasteiger partial charge is 0.00519 e. The lowest BCUT2D eigenvalue weighted by molar-refractivity contribution is 0.642. The van der Waals surface area contributed by atoms with Gasteiger partial charge in [0, 0.05) is 0 Å². The zero-order valence-corrected chi connectivity index (χ0v) is 11.6. The third-order valence-electron chi connectivity index (χ3n) is 3.55. The lowest BCUT2D eigenvalue weighted by Crippen LogP contribution is -2.07. The van der Waals surface area contributed by atoms with Crippen LogP contribution in [0.4, 0.5) is 0 Å². The van der Waals surface area contributed by atoms with Gasteiger partial charge in [-0.1, -0.05) is 44.5 Å². The Labute approximate surface area is 107 Å². The van der Waals surface area contributed by atoms with Crippen LogP contribution in [0, 0.1) is 0 Å². The maximum Gasteiger partial charge on any atom is -0.00519 e. The Kier molecular flexibility index (Phi) is 6.95. The Morgan fingerprint density at radius 3 is 2.35 bits per heavy atom. The number of rotatable bonds is 8. The van der Waals surface area contributed by atoms with Crippen molar-refractivity contribution in [2.24, 2.45) is 0 Å². The molecule has 0 radical (unpaired) electrons. The van der Waals surface area contributed by atoms with E-state index in [-0.39, 0.29) is 0 Å². The highest BCUT2D eigenvalue weighted by Gasteiger charge is 2.02. The quantitative estimate of drug-likeness (QED) is 0.666. The van der Waals surface area contributed by atoms with Crippen LogP contribution in [0.1, 0.15) is 56.6 Å². The number of hydrogen-bond donors (Lipinski definition) is 1. The topological polar surface area (TPSA) is 12.0 Å². The van der Waals surface area contributed by atoms with E-state index in [4.69, 9.17) is 0 Å². The van der Waals surface area contributed by atoms with Crippen molar-refractivity contribution in [3.05, 3.63) is 35.4 Å². The van der Waals surface area contributed by atoms with E-state index in [9.17, 15) is 0 Å². The summed E-state index contributed by atoms with van der Waals surface area (Å²) in [4.78, 5) is 0. The molecular weight excluding hydrogens is 206 g/mol. The molecule has 0 aliphatic rings. The van der Waals surface area contributed by atoms with Crippen LogP contribution in [0.3, 0.4) is 0 Å². The molecule has 0 aliphatic heterocycles. The lowest BCUT2D eigenvalue weighted by atomic mass is 9.96. The van der Waals surface area contributed by atoms with Gasteiger partial charge in [-0.15, -0.1) is 0 Å². The highest BCUT2D eigenvalue weighted by atomic mass is 14.8. The fraction of sp³-hybridized carbons (Fsp3) is 0.625. The van der Waals surface area contributed by atoms with Gasteiger partial charge in [-0.3, -0.25) is 0 Å². The van der Waals surface area contributed by atoms with Gasteiger partial charge in [-0.05, 0) is 56.3 Å². The lowest BCUT2D eigenvalue weighted by Gasteiger charge is -2.09. The van der Waals surface area contributed by atoms with E-state index in [1.807, 2.05) is 7.05 Å². The number of unbranched alkanes of at least 4 members (excludes halogenated alkanes) is 2. The monoisotopic (exact) mass is 233 g/mol. The molecule has 17 heavy (non-hydrogen) atoms. The van der Waals surface area contributed by atoms with Crippen LogP contribution in [0.2, 0.25) is 0 Å². The molecule has 1 atom stereocenters. The summed E-state index contributed by atoms with van der Waals surface area (Å²) in [5.41, 5.74) is 2.97. The summed E-state index contributed by atoms with van der Waals surface area (Å²) in [7, 11) is 2.02. The summed E-state index contributed by atoms with van der Waals surface area (Å²) in [5.74, 6) is 0.694. The van der Waals surface area contributed by atoms with Gasteiger partial charge in [0.05, 0.1) is 0 Å². The van der Waals surface area contributed by atoms with Crippen LogP contribution in [0.15, 0.2) is 24.3 Å². The molecule has 0 fully saturated rings. The molecule has 0 spiro atoms. The fourth-order valence-electron chi connectivity index (χ4n) is 2.06. The van der Waals surface area contributed by atoms with Crippen LogP contribution in [-0.4, -0.2) is 13.6 Å². The molecule has 96 valence electrons. The van der Waals surface area contributed by atoms with Gasteiger partial charge in [0.15, 0.2) is 0 Å². The van der Waals surface area contributed by atoms with Crippen molar-refractivity contribution in [3.8, 4) is 0 Å². The fourth-order valence-corrected chi connectivity index (χ4v) is 2.06. The van der Waals surface area contributed by atoms with Crippen molar-refractivity contribution in [2.75, 3.05) is 13.6 Å². The number of benzene rings is 1. The van der Waals surface area contributed by atoms with E-state index in [0.29, 0.717) is 5.92 Å². The van der Waals surface area contributed by atoms with Crippen LogP contribution in [0.25, 0.3) is 0 Å². The van der Waals surface area contributed by atoms with Crippen molar-refractivity contribution in [1.82, 2.24) is 5.32 Å². The molecule has 1 aromatic rings. The Morgan fingerprint density at radius 1 is 1.06 bits per heavy atom. The van der Waals surface area contributed by atoms with E-state index < -0.39 is 0 Å². The minimum atomic E-state index is 0.694. The van der Waals surface area contributed by atoms with Crippen molar-refractivity contribution in [3.63, 3.8) is 0 Å². The van der Waals surface area contributed by atoms with Crippen LogP contribution < -0.4 is 5.32 Å². The highest BCUT2D eigenvalue weighted by molar-refractivity contribution is 5.25. The maximum absolute atomic E-state index is 3.19. The minimum absolute atomic E-state index is 0.694. The molecule has 0 heterocycles. The van der Waals surface area contributed by atoms with Crippen molar-refractivity contribution >= 4 is 0 Å². The second-order valence-corrected chi connectivity index (χ2v) is 4.97. The SMILES string of the molecule is CCC(C)c1ccc(CCCCCNC)cc1. The van der Waals surface area contributed by atoms with Crippen LogP contribution >= 0.6 is 0 Å². The first kappa shape index (κ1) is 14.2. The van der Waals surface area contributed by atoms with Crippen LogP contribution in [0.5, 0.6) is 0 Å². The van der Waals surface area contributed by atoms with E-state index in [0.717, 1.165) is 6.54 Å². The molecule has 1 rings (SSSR count). The molecule has 1 heteroatoms. The Bertz CT molecular complexity index is 289. The molecular formula is C16H27N. The Balaban J connectivity index is 2.30. The third-order valence-corrected chi connectivity index (χ3v) is 3.55. The standard InChI is InChI=1S/C16H27N/c1-4-14(2)16-11-9-15(10-12-16)8-6-5-7-13-17-3/h9-12,14,17H,4-8,13H2,1-3H3.